The summed E-state index contributed by atoms with van der Waals surface area (Å²) >= 11 is 0. The SMILES string of the molecule is O=[P](c1cccc(C(F)(F)F)c1)c1cccc(C(F)(F)F)c1. The van der Waals surface area contributed by atoms with Crippen LogP contribution in [0.25, 0.3) is 0 Å². The molecule has 0 aliphatic carbocycles. The van der Waals surface area contributed by atoms with Crippen molar-refractivity contribution in [3.8, 4) is 0 Å². The van der Waals surface area contributed by atoms with Gasteiger partial charge in [-0.15, -0.1) is 0 Å². The molecule has 0 atom stereocenters. The van der Waals surface area contributed by atoms with Gasteiger partial charge < -0.3 is 0 Å². The van der Waals surface area contributed by atoms with Crippen LogP contribution in [-0.2, 0) is 16.9 Å². The lowest BCUT2D eigenvalue weighted by molar-refractivity contribution is -0.138. The van der Waals surface area contributed by atoms with Crippen molar-refractivity contribution < 1.29 is 30.9 Å². The molecule has 0 unspecified atom stereocenters. The third kappa shape index (κ3) is 3.65. The van der Waals surface area contributed by atoms with Crippen LogP contribution in [0.1, 0.15) is 11.1 Å². The molecule has 0 saturated heterocycles. The van der Waals surface area contributed by atoms with Crippen LogP contribution in [0.2, 0.25) is 0 Å². The molecule has 1 nitrogen and oxygen atoms in total. The lowest BCUT2D eigenvalue weighted by atomic mass is 10.2. The number of halogens is 6. The molecular formula is C14H8F6OP. The smallest absolute Gasteiger partial charge is 0.277 e. The van der Waals surface area contributed by atoms with E-state index in [1.54, 1.807) is 0 Å². The van der Waals surface area contributed by atoms with Crippen LogP contribution in [0.3, 0.4) is 0 Å². The average molecular weight is 337 g/mol. The molecule has 0 bridgehead atoms. The summed E-state index contributed by atoms with van der Waals surface area (Å²) in [6.07, 6.45) is -9.22. The van der Waals surface area contributed by atoms with Gasteiger partial charge in [-0.1, -0.05) is 12.1 Å². The van der Waals surface area contributed by atoms with Crippen LogP contribution < -0.4 is 10.6 Å². The van der Waals surface area contributed by atoms with E-state index in [-0.39, 0.29) is 10.6 Å². The second kappa shape index (κ2) is 5.72. The molecule has 2 aromatic rings. The summed E-state index contributed by atoms with van der Waals surface area (Å²) in [7, 11) is -2.55. The van der Waals surface area contributed by atoms with Gasteiger partial charge in [0.1, 0.15) is 7.80 Å². The molecule has 2 rings (SSSR count). The second-order valence-electron chi connectivity index (χ2n) is 4.39. The highest BCUT2D eigenvalue weighted by Crippen LogP contribution is 2.32. The summed E-state index contributed by atoms with van der Waals surface area (Å²) in [5.41, 5.74) is -2.00. The summed E-state index contributed by atoms with van der Waals surface area (Å²) in [4.78, 5) is 0. The Labute approximate surface area is 122 Å². The fraction of sp³-hybridized carbons (Fsp3) is 0.143. The van der Waals surface area contributed by atoms with Gasteiger partial charge >= 0.3 is 12.4 Å². The lowest BCUT2D eigenvalue weighted by Gasteiger charge is -2.10. The zero-order chi connectivity index (χ0) is 16.5. The molecule has 22 heavy (non-hydrogen) atoms. The van der Waals surface area contributed by atoms with E-state index in [4.69, 9.17) is 0 Å². The Kier molecular flexibility index (Phi) is 4.29. The number of benzene rings is 2. The molecule has 0 amide bonds. The zero-order valence-corrected chi connectivity index (χ0v) is 11.6. The summed E-state index contributed by atoms with van der Waals surface area (Å²) in [6, 6.07) is 7.48. The third-order valence-electron chi connectivity index (χ3n) is 2.82. The van der Waals surface area contributed by atoms with E-state index < -0.39 is 31.3 Å². The average Bonchev–Trinajstić information content (AvgIpc) is 2.45. The molecule has 117 valence electrons. The van der Waals surface area contributed by atoms with Crippen molar-refractivity contribution in [1.82, 2.24) is 0 Å². The molecule has 2 aromatic carbocycles. The van der Waals surface area contributed by atoms with E-state index in [2.05, 4.69) is 0 Å². The highest BCUT2D eigenvalue weighted by atomic mass is 31.1. The van der Waals surface area contributed by atoms with Crippen LogP contribution in [0.15, 0.2) is 48.5 Å². The fourth-order valence-electron chi connectivity index (χ4n) is 1.77. The molecule has 0 N–H and O–H groups in total. The van der Waals surface area contributed by atoms with Crippen molar-refractivity contribution in [3.63, 3.8) is 0 Å². The van der Waals surface area contributed by atoms with Gasteiger partial charge in [0, 0.05) is 10.6 Å². The van der Waals surface area contributed by atoms with Crippen LogP contribution in [0, 0.1) is 0 Å². The highest BCUT2D eigenvalue weighted by molar-refractivity contribution is 7.61. The largest absolute Gasteiger partial charge is 0.416 e. The van der Waals surface area contributed by atoms with Gasteiger partial charge in [-0.2, -0.15) is 26.3 Å². The van der Waals surface area contributed by atoms with Crippen LogP contribution in [0.4, 0.5) is 26.3 Å². The monoisotopic (exact) mass is 337 g/mol. The Hall–Kier alpha value is -1.88. The Balaban J connectivity index is 2.41. The van der Waals surface area contributed by atoms with Gasteiger partial charge in [0.2, 0.25) is 0 Å². The fourth-order valence-corrected chi connectivity index (χ4v) is 3.02. The molecule has 0 heterocycles. The van der Waals surface area contributed by atoms with E-state index >= 15 is 0 Å². The van der Waals surface area contributed by atoms with Crippen LogP contribution >= 0.6 is 7.80 Å². The van der Waals surface area contributed by atoms with Gasteiger partial charge in [0.25, 0.3) is 0 Å². The topological polar surface area (TPSA) is 17.1 Å². The predicted molar refractivity (Wildman–Crippen MR) is 69.8 cm³/mol. The zero-order valence-electron chi connectivity index (χ0n) is 10.7. The lowest BCUT2D eigenvalue weighted by Crippen LogP contribution is -2.14. The Morgan fingerprint density at radius 1 is 0.682 bits per heavy atom. The van der Waals surface area contributed by atoms with Gasteiger partial charge in [-0.05, 0) is 36.4 Å². The molecule has 0 aliphatic heterocycles. The summed E-state index contributed by atoms with van der Waals surface area (Å²) in [6.45, 7) is 0. The maximum Gasteiger partial charge on any atom is 0.416 e. The third-order valence-corrected chi connectivity index (χ3v) is 4.31. The molecule has 1 radical (unpaired) electrons. The van der Waals surface area contributed by atoms with Crippen molar-refractivity contribution >= 4 is 18.4 Å². The van der Waals surface area contributed by atoms with Gasteiger partial charge in [-0.25, -0.2) is 0 Å². The van der Waals surface area contributed by atoms with Crippen molar-refractivity contribution in [3.05, 3.63) is 59.7 Å². The van der Waals surface area contributed by atoms with Gasteiger partial charge in [0.15, 0.2) is 0 Å². The minimum absolute atomic E-state index is 0.177. The molecule has 0 saturated carbocycles. The molecule has 0 aromatic heterocycles. The van der Waals surface area contributed by atoms with E-state index in [0.29, 0.717) is 12.1 Å². The summed E-state index contributed by atoms with van der Waals surface area (Å²) < 4.78 is 87.9. The normalized spacial score (nSPS) is 12.3. The maximum absolute atomic E-state index is 12.6. The molecular weight excluding hydrogens is 329 g/mol. The minimum atomic E-state index is -4.61. The van der Waals surface area contributed by atoms with Crippen LogP contribution in [0.5, 0.6) is 0 Å². The van der Waals surface area contributed by atoms with E-state index in [9.17, 15) is 30.9 Å². The van der Waals surface area contributed by atoms with Crippen molar-refractivity contribution in [2.24, 2.45) is 0 Å². The first-order valence-electron chi connectivity index (χ1n) is 5.91. The first-order valence-corrected chi connectivity index (χ1v) is 7.17. The summed E-state index contributed by atoms with van der Waals surface area (Å²) in [5, 5.41) is -0.353. The predicted octanol–water partition coefficient (Wildman–Crippen LogP) is 4.50. The Bertz CT molecular complexity index is 645. The molecule has 0 spiro atoms. The maximum atomic E-state index is 12.6. The van der Waals surface area contributed by atoms with E-state index in [0.717, 1.165) is 24.3 Å². The molecule has 0 aliphatic rings. The van der Waals surface area contributed by atoms with E-state index in [1.165, 1.54) is 12.1 Å². The first kappa shape index (κ1) is 16.5. The minimum Gasteiger partial charge on any atom is -0.277 e. The van der Waals surface area contributed by atoms with Crippen molar-refractivity contribution in [2.45, 2.75) is 12.4 Å². The highest BCUT2D eigenvalue weighted by Gasteiger charge is 2.32. The number of hydrogen-bond acceptors (Lipinski definition) is 1. The molecule has 0 fully saturated rings. The summed E-state index contributed by atoms with van der Waals surface area (Å²) in [5.74, 6) is 0. The molecule has 8 heteroatoms. The quantitative estimate of drug-likeness (QED) is 0.582. The van der Waals surface area contributed by atoms with Gasteiger partial charge in [0.05, 0.1) is 11.1 Å². The Morgan fingerprint density at radius 2 is 1.05 bits per heavy atom. The van der Waals surface area contributed by atoms with Crippen LogP contribution in [-0.4, -0.2) is 0 Å². The van der Waals surface area contributed by atoms with Crippen molar-refractivity contribution in [1.29, 1.82) is 0 Å². The number of alkyl halides is 6. The van der Waals surface area contributed by atoms with Gasteiger partial charge in [-0.3, -0.25) is 4.57 Å². The second-order valence-corrected chi connectivity index (χ2v) is 6.01. The Morgan fingerprint density at radius 3 is 1.36 bits per heavy atom. The van der Waals surface area contributed by atoms with Crippen molar-refractivity contribution in [2.75, 3.05) is 0 Å². The standard InChI is InChI=1S/C14H8F6OP/c15-13(16,17)9-3-1-5-11(7-9)22(21)12-6-2-4-10(8-12)14(18,19)20/h1-8H. The number of hydrogen-bond donors (Lipinski definition) is 0. The number of rotatable bonds is 2. The van der Waals surface area contributed by atoms with E-state index in [1.807, 2.05) is 0 Å². The first-order chi connectivity index (χ1) is 10.1.